The third kappa shape index (κ3) is 7.02. The van der Waals surface area contributed by atoms with Gasteiger partial charge in [-0.3, -0.25) is 0 Å². The van der Waals surface area contributed by atoms with Crippen LogP contribution in [0.2, 0.25) is 0 Å². The van der Waals surface area contributed by atoms with Gasteiger partial charge in [0, 0.05) is 17.8 Å². The molecule has 1 aliphatic carbocycles. The molecule has 0 radical (unpaired) electrons. The summed E-state index contributed by atoms with van der Waals surface area (Å²) in [6.45, 7) is 19.8. The molecule has 0 aliphatic heterocycles. The Morgan fingerprint density at radius 2 is 1.95 bits per heavy atom. The maximum Gasteiger partial charge on any atom is 0.0116 e. The summed E-state index contributed by atoms with van der Waals surface area (Å²) in [5.74, 6) is 1.53. The topological polar surface area (TPSA) is 12.0 Å². The van der Waals surface area contributed by atoms with E-state index in [1.54, 1.807) is 5.57 Å². The number of nitrogens with one attached hydrogen (secondary N) is 1. The summed E-state index contributed by atoms with van der Waals surface area (Å²) in [5, 5.41) is 3.37. The highest BCUT2D eigenvalue weighted by atomic mass is 14.9. The zero-order valence-corrected chi connectivity index (χ0v) is 14.9. The number of hydrogen-bond donors (Lipinski definition) is 1. The lowest BCUT2D eigenvalue weighted by Gasteiger charge is -2.32. The summed E-state index contributed by atoms with van der Waals surface area (Å²) < 4.78 is 0. The van der Waals surface area contributed by atoms with Gasteiger partial charge in [0.15, 0.2) is 0 Å². The molecule has 2 atom stereocenters. The van der Waals surface area contributed by atoms with E-state index in [1.807, 2.05) is 0 Å². The smallest absolute Gasteiger partial charge is 0.0116 e. The van der Waals surface area contributed by atoms with Gasteiger partial charge in [-0.15, -0.1) is 0 Å². The van der Waals surface area contributed by atoms with Crippen LogP contribution in [0.1, 0.15) is 73.1 Å². The fraction of sp³-hybridized carbons (Fsp3) is 0.700. The Morgan fingerprint density at radius 1 is 1.29 bits per heavy atom. The van der Waals surface area contributed by atoms with Crippen LogP contribution in [0.5, 0.6) is 0 Å². The first-order chi connectivity index (χ1) is 9.71. The Kier molecular flexibility index (Phi) is 6.77. The van der Waals surface area contributed by atoms with Gasteiger partial charge in [-0.2, -0.15) is 0 Å². The molecule has 0 saturated heterocycles. The molecule has 0 amide bonds. The van der Waals surface area contributed by atoms with E-state index in [2.05, 4.69) is 59.2 Å². The maximum atomic E-state index is 4.17. The molecule has 0 spiro atoms. The summed E-state index contributed by atoms with van der Waals surface area (Å²) in [6.07, 6.45) is 9.50. The second-order valence-electron chi connectivity index (χ2n) is 8.04. The molecule has 0 aromatic rings. The SMILES string of the molecule is C=C(CCC)NC(=C)CC1=CCC(CC(C)(C)C)CC1C. The fourth-order valence-electron chi connectivity index (χ4n) is 3.45. The molecule has 1 nitrogen and oxygen atoms in total. The Morgan fingerprint density at radius 3 is 2.48 bits per heavy atom. The minimum Gasteiger partial charge on any atom is -0.363 e. The average molecular weight is 290 g/mol. The molecule has 1 heteroatoms. The maximum absolute atomic E-state index is 4.17. The van der Waals surface area contributed by atoms with Gasteiger partial charge in [0.05, 0.1) is 0 Å². The van der Waals surface area contributed by atoms with Crippen molar-refractivity contribution in [1.82, 2.24) is 5.32 Å². The molecule has 0 heterocycles. The van der Waals surface area contributed by atoms with Crippen molar-refractivity contribution >= 4 is 0 Å². The van der Waals surface area contributed by atoms with Crippen LogP contribution >= 0.6 is 0 Å². The molecular formula is C20H35N. The van der Waals surface area contributed by atoms with Gasteiger partial charge in [-0.1, -0.05) is 65.8 Å². The Bertz CT molecular complexity index is 395. The van der Waals surface area contributed by atoms with Gasteiger partial charge < -0.3 is 5.32 Å². The minimum absolute atomic E-state index is 0.443. The monoisotopic (exact) mass is 289 g/mol. The van der Waals surface area contributed by atoms with Crippen molar-refractivity contribution in [2.75, 3.05) is 0 Å². The average Bonchev–Trinajstić information content (AvgIpc) is 2.30. The molecule has 2 unspecified atom stereocenters. The van der Waals surface area contributed by atoms with Crippen LogP contribution in [0, 0.1) is 17.3 Å². The quantitative estimate of drug-likeness (QED) is 0.550. The lowest BCUT2D eigenvalue weighted by Crippen LogP contribution is -2.21. The second-order valence-corrected chi connectivity index (χ2v) is 8.04. The van der Waals surface area contributed by atoms with Crippen molar-refractivity contribution in [2.24, 2.45) is 17.3 Å². The van der Waals surface area contributed by atoms with E-state index in [1.165, 1.54) is 19.3 Å². The molecule has 120 valence electrons. The van der Waals surface area contributed by atoms with E-state index in [0.717, 1.165) is 36.6 Å². The second kappa shape index (κ2) is 7.87. The Hall–Kier alpha value is -0.980. The van der Waals surface area contributed by atoms with Crippen LogP contribution in [-0.4, -0.2) is 0 Å². The number of hydrogen-bond acceptors (Lipinski definition) is 1. The Labute approximate surface area is 132 Å². The molecule has 1 N–H and O–H groups in total. The van der Waals surface area contributed by atoms with E-state index in [-0.39, 0.29) is 0 Å². The minimum atomic E-state index is 0.443. The first-order valence-electron chi connectivity index (χ1n) is 8.52. The zero-order valence-electron chi connectivity index (χ0n) is 14.9. The van der Waals surface area contributed by atoms with Gasteiger partial charge in [0.2, 0.25) is 0 Å². The first-order valence-corrected chi connectivity index (χ1v) is 8.52. The van der Waals surface area contributed by atoms with Gasteiger partial charge >= 0.3 is 0 Å². The van der Waals surface area contributed by atoms with Crippen molar-refractivity contribution in [2.45, 2.75) is 73.1 Å². The summed E-state index contributed by atoms with van der Waals surface area (Å²) >= 11 is 0. The van der Waals surface area contributed by atoms with E-state index in [0.29, 0.717) is 11.3 Å². The molecular weight excluding hydrogens is 254 g/mol. The third-order valence-corrected chi connectivity index (χ3v) is 4.26. The lowest BCUT2D eigenvalue weighted by molar-refractivity contribution is 0.257. The highest BCUT2D eigenvalue weighted by Crippen LogP contribution is 2.37. The van der Waals surface area contributed by atoms with E-state index in [9.17, 15) is 0 Å². The molecule has 0 saturated carbocycles. The molecule has 0 fully saturated rings. The predicted octanol–water partition coefficient (Wildman–Crippen LogP) is 6.20. The van der Waals surface area contributed by atoms with Crippen molar-refractivity contribution in [3.63, 3.8) is 0 Å². The molecule has 21 heavy (non-hydrogen) atoms. The zero-order chi connectivity index (χ0) is 16.0. The van der Waals surface area contributed by atoms with E-state index in [4.69, 9.17) is 0 Å². The number of rotatable bonds is 7. The van der Waals surface area contributed by atoms with E-state index >= 15 is 0 Å². The Balaban J connectivity index is 2.49. The lowest BCUT2D eigenvalue weighted by atomic mass is 9.74. The number of allylic oxidation sites excluding steroid dienone is 3. The molecule has 0 aromatic heterocycles. The van der Waals surface area contributed by atoms with Crippen LogP contribution in [0.25, 0.3) is 0 Å². The molecule has 1 aliphatic rings. The van der Waals surface area contributed by atoms with Gasteiger partial charge in [0.25, 0.3) is 0 Å². The fourth-order valence-corrected chi connectivity index (χ4v) is 3.45. The summed E-state index contributed by atoms with van der Waals surface area (Å²) in [7, 11) is 0. The molecule has 0 bridgehead atoms. The summed E-state index contributed by atoms with van der Waals surface area (Å²) in [4.78, 5) is 0. The van der Waals surface area contributed by atoms with Crippen LogP contribution in [0.3, 0.4) is 0 Å². The predicted molar refractivity (Wildman–Crippen MR) is 95.0 cm³/mol. The first kappa shape index (κ1) is 18.1. The van der Waals surface area contributed by atoms with Crippen LogP contribution < -0.4 is 5.32 Å². The standard InChI is InChI=1S/C20H35N/c1-8-9-16(3)21-17(4)13-19-11-10-18(12-15(19)2)14-20(5,6)7/h11,15,18,21H,3-4,8-10,12-14H2,1-2,5-7H3. The van der Waals surface area contributed by atoms with Crippen molar-refractivity contribution in [3.05, 3.63) is 36.2 Å². The van der Waals surface area contributed by atoms with Gasteiger partial charge in [0.1, 0.15) is 0 Å². The summed E-state index contributed by atoms with van der Waals surface area (Å²) in [6, 6.07) is 0. The largest absolute Gasteiger partial charge is 0.363 e. The summed E-state index contributed by atoms with van der Waals surface area (Å²) in [5.41, 5.74) is 4.19. The van der Waals surface area contributed by atoms with Gasteiger partial charge in [-0.25, -0.2) is 0 Å². The van der Waals surface area contributed by atoms with E-state index < -0.39 is 0 Å². The van der Waals surface area contributed by atoms with Crippen LogP contribution in [0.15, 0.2) is 36.2 Å². The normalized spacial score (nSPS) is 22.6. The van der Waals surface area contributed by atoms with Gasteiger partial charge in [-0.05, 0) is 42.9 Å². The van der Waals surface area contributed by atoms with Crippen LogP contribution in [0.4, 0.5) is 0 Å². The van der Waals surface area contributed by atoms with Crippen molar-refractivity contribution < 1.29 is 0 Å². The highest BCUT2D eigenvalue weighted by molar-refractivity contribution is 5.19. The highest BCUT2D eigenvalue weighted by Gasteiger charge is 2.25. The third-order valence-electron chi connectivity index (χ3n) is 4.26. The molecule has 1 rings (SSSR count). The molecule has 0 aromatic carbocycles. The van der Waals surface area contributed by atoms with Crippen molar-refractivity contribution in [3.8, 4) is 0 Å². The van der Waals surface area contributed by atoms with Crippen LogP contribution in [-0.2, 0) is 0 Å². The van der Waals surface area contributed by atoms with Crippen molar-refractivity contribution in [1.29, 1.82) is 0 Å².